The second-order valence-electron chi connectivity index (χ2n) is 20.8. The second kappa shape index (κ2) is 18.2. The van der Waals surface area contributed by atoms with Gasteiger partial charge in [0.1, 0.15) is 0 Å². The number of benzene rings is 12. The molecule has 366 valence electrons. The van der Waals surface area contributed by atoms with Crippen molar-refractivity contribution in [3.05, 3.63) is 289 Å². The molecule has 2 heterocycles. The predicted molar refractivity (Wildman–Crippen MR) is 334 cm³/mol. The molecule has 0 N–H and O–H groups in total. The first kappa shape index (κ1) is 44.9. The van der Waals surface area contributed by atoms with Crippen LogP contribution in [0, 0.1) is 0 Å². The lowest BCUT2D eigenvalue weighted by Gasteiger charge is -2.26. The summed E-state index contributed by atoms with van der Waals surface area (Å²) >= 11 is 3.80. The van der Waals surface area contributed by atoms with Crippen LogP contribution in [0.2, 0.25) is 0 Å². The van der Waals surface area contributed by atoms with Crippen LogP contribution in [0.5, 0.6) is 0 Å². The minimum Gasteiger partial charge on any atom is -0.310 e. The maximum atomic E-state index is 2.43. The first-order chi connectivity index (χ1) is 38.6. The van der Waals surface area contributed by atoms with Crippen LogP contribution in [-0.2, 0) is 12.8 Å². The number of hydrogen-bond donors (Lipinski definition) is 0. The van der Waals surface area contributed by atoms with Crippen molar-refractivity contribution in [1.29, 1.82) is 0 Å². The van der Waals surface area contributed by atoms with E-state index >= 15 is 0 Å². The van der Waals surface area contributed by atoms with Gasteiger partial charge in [-0.2, -0.15) is 0 Å². The molecule has 0 amide bonds. The maximum Gasteiger partial charge on any atom is 0.0468 e. The molecule has 0 unspecified atom stereocenters. The molecule has 78 heavy (non-hydrogen) atoms. The fraction of sp³-hybridized carbons (Fsp3) is 0.0270. The standard InChI is InChI=1S/C74H48N2S2/c1-5-13-47(14-6-1)51-21-23-53-43-65-61(63(53)41-51)35-39-71-73(65)67-45-59(33-37-69(67)77-71)75(55-17-9-3-10-18-55)57-29-25-49(26-30-57)50-27-31-58(32-28-50)76(56-19-11-4-12-20-56)60-34-38-70-68(46-60)74-66-44-54-24-22-52(48-15-7-2-8-16-48)42-64(54)62(66)36-40-72(74)78-70/h1-42,45-46H,43-44H2. The molecular weight excluding hydrogens is 981 g/mol. The lowest BCUT2D eigenvalue weighted by atomic mass is 9.98. The Labute approximate surface area is 461 Å². The van der Waals surface area contributed by atoms with E-state index in [9.17, 15) is 0 Å². The number of fused-ring (bicyclic) bond motifs is 14. The third-order valence-electron chi connectivity index (χ3n) is 16.3. The second-order valence-corrected chi connectivity index (χ2v) is 22.9. The van der Waals surface area contributed by atoms with Gasteiger partial charge in [-0.1, -0.05) is 158 Å². The Kier molecular flexibility index (Phi) is 10.5. The molecule has 2 nitrogen and oxygen atoms in total. The molecule has 16 rings (SSSR count). The SMILES string of the molecule is c1ccc(-c2ccc3c(c2)-c2ccc4sc5ccc(N(c6ccccc6)c6ccc(-c7ccc(N(c8ccccc8)c8ccc9sc%10ccc%11c(c%10c9c8)Cc8ccc(-c9ccccc9)cc8-%11)cc7)cc6)cc5c4c2C3)cc1. The van der Waals surface area contributed by atoms with Crippen LogP contribution in [0.4, 0.5) is 34.1 Å². The Balaban J connectivity index is 0.728. The van der Waals surface area contributed by atoms with Gasteiger partial charge in [-0.05, 0) is 200 Å². The van der Waals surface area contributed by atoms with E-state index in [1.54, 1.807) is 0 Å². The van der Waals surface area contributed by atoms with Gasteiger partial charge in [-0.3, -0.25) is 0 Å². The van der Waals surface area contributed by atoms with Crippen molar-refractivity contribution < 1.29 is 0 Å². The highest BCUT2D eigenvalue weighted by Gasteiger charge is 2.26. The minimum atomic E-state index is 0.943. The van der Waals surface area contributed by atoms with Gasteiger partial charge >= 0.3 is 0 Å². The summed E-state index contributed by atoms with van der Waals surface area (Å²) in [5.74, 6) is 0. The van der Waals surface area contributed by atoms with E-state index < -0.39 is 0 Å². The Bertz CT molecular complexity index is 4340. The van der Waals surface area contributed by atoms with E-state index in [-0.39, 0.29) is 0 Å². The molecule has 2 aromatic heterocycles. The van der Waals surface area contributed by atoms with Crippen molar-refractivity contribution in [3.63, 3.8) is 0 Å². The number of para-hydroxylation sites is 2. The molecule has 12 aromatic carbocycles. The Morgan fingerprint density at radius 3 is 0.987 bits per heavy atom. The molecule has 0 bridgehead atoms. The first-order valence-electron chi connectivity index (χ1n) is 26.9. The van der Waals surface area contributed by atoms with E-state index in [1.807, 2.05) is 22.7 Å². The fourth-order valence-electron chi connectivity index (χ4n) is 12.6. The Hall–Kier alpha value is -9.32. The summed E-state index contributed by atoms with van der Waals surface area (Å²) in [5, 5.41) is 5.41. The van der Waals surface area contributed by atoms with Crippen LogP contribution < -0.4 is 9.80 Å². The average Bonchev–Trinajstić information content (AvgIpc) is 4.36. The van der Waals surface area contributed by atoms with Crippen molar-refractivity contribution in [2.45, 2.75) is 12.8 Å². The van der Waals surface area contributed by atoms with Crippen molar-refractivity contribution in [3.8, 4) is 55.6 Å². The number of nitrogens with zero attached hydrogens (tertiary/aromatic N) is 2. The summed E-state index contributed by atoms with van der Waals surface area (Å²) in [4.78, 5) is 4.81. The lowest BCUT2D eigenvalue weighted by molar-refractivity contribution is 1.28. The number of rotatable bonds is 9. The molecule has 0 saturated heterocycles. The third kappa shape index (κ3) is 7.44. The maximum absolute atomic E-state index is 2.43. The average molecular weight is 1030 g/mol. The van der Waals surface area contributed by atoms with E-state index in [4.69, 9.17) is 0 Å². The van der Waals surface area contributed by atoms with Gasteiger partial charge in [0, 0.05) is 74.5 Å². The lowest BCUT2D eigenvalue weighted by Crippen LogP contribution is -2.10. The molecule has 0 radical (unpaired) electrons. The zero-order chi connectivity index (χ0) is 51.3. The Morgan fingerprint density at radius 2 is 0.577 bits per heavy atom. The van der Waals surface area contributed by atoms with E-state index in [2.05, 4.69) is 277 Å². The Morgan fingerprint density at radius 1 is 0.244 bits per heavy atom. The van der Waals surface area contributed by atoms with Crippen molar-refractivity contribution >= 4 is 97.1 Å². The summed E-state index contributed by atoms with van der Waals surface area (Å²) in [6.07, 6.45) is 1.89. The molecule has 2 aliphatic rings. The van der Waals surface area contributed by atoms with Gasteiger partial charge in [0.2, 0.25) is 0 Å². The zero-order valence-electron chi connectivity index (χ0n) is 42.5. The van der Waals surface area contributed by atoms with Gasteiger partial charge in [0.15, 0.2) is 0 Å². The smallest absolute Gasteiger partial charge is 0.0468 e. The van der Waals surface area contributed by atoms with Crippen molar-refractivity contribution in [2.24, 2.45) is 0 Å². The highest BCUT2D eigenvalue weighted by Crippen LogP contribution is 2.50. The quantitative estimate of drug-likeness (QED) is 0.142. The number of anilines is 6. The molecule has 0 saturated carbocycles. The van der Waals surface area contributed by atoms with Gasteiger partial charge < -0.3 is 9.80 Å². The number of hydrogen-bond acceptors (Lipinski definition) is 4. The topological polar surface area (TPSA) is 6.48 Å². The molecule has 0 atom stereocenters. The molecule has 0 spiro atoms. The molecule has 14 aromatic rings. The van der Waals surface area contributed by atoms with Crippen LogP contribution in [0.3, 0.4) is 0 Å². The third-order valence-corrected chi connectivity index (χ3v) is 18.6. The molecule has 4 heteroatoms. The van der Waals surface area contributed by atoms with Crippen LogP contribution >= 0.6 is 22.7 Å². The van der Waals surface area contributed by atoms with Crippen molar-refractivity contribution in [2.75, 3.05) is 9.80 Å². The zero-order valence-corrected chi connectivity index (χ0v) is 44.2. The molecular formula is C74H48N2S2. The van der Waals surface area contributed by atoms with Gasteiger partial charge in [0.25, 0.3) is 0 Å². The summed E-state index contributed by atoms with van der Waals surface area (Å²) < 4.78 is 5.31. The minimum absolute atomic E-state index is 0.943. The van der Waals surface area contributed by atoms with Crippen LogP contribution in [-0.4, -0.2) is 0 Å². The van der Waals surface area contributed by atoms with Crippen LogP contribution in [0.1, 0.15) is 22.3 Å². The fourth-order valence-corrected chi connectivity index (χ4v) is 14.9. The summed E-state index contributed by atoms with van der Waals surface area (Å²) in [7, 11) is 0. The highest BCUT2D eigenvalue weighted by atomic mass is 32.1. The normalized spacial score (nSPS) is 12.3. The highest BCUT2D eigenvalue weighted by molar-refractivity contribution is 7.26. The van der Waals surface area contributed by atoms with Crippen molar-refractivity contribution in [1.82, 2.24) is 0 Å². The van der Waals surface area contributed by atoms with E-state index in [0.29, 0.717) is 0 Å². The monoisotopic (exact) mass is 1030 g/mol. The number of thiophene rings is 2. The van der Waals surface area contributed by atoms with Gasteiger partial charge in [-0.15, -0.1) is 22.7 Å². The molecule has 0 fully saturated rings. The molecule has 0 aliphatic heterocycles. The van der Waals surface area contributed by atoms with Crippen LogP contribution in [0.25, 0.3) is 96.0 Å². The van der Waals surface area contributed by atoms with E-state index in [1.165, 1.54) is 118 Å². The van der Waals surface area contributed by atoms with Gasteiger partial charge in [-0.25, -0.2) is 0 Å². The van der Waals surface area contributed by atoms with E-state index in [0.717, 1.165) is 47.0 Å². The summed E-state index contributed by atoms with van der Waals surface area (Å²) in [6.45, 7) is 0. The van der Waals surface area contributed by atoms with Crippen LogP contribution in [0.15, 0.2) is 267 Å². The van der Waals surface area contributed by atoms with Gasteiger partial charge in [0.05, 0.1) is 0 Å². The predicted octanol–water partition coefficient (Wildman–Crippen LogP) is 21.5. The summed E-state index contributed by atoms with van der Waals surface area (Å²) in [6, 6.07) is 98.9. The summed E-state index contributed by atoms with van der Waals surface area (Å²) in [5.41, 5.74) is 25.3. The molecule has 2 aliphatic carbocycles. The first-order valence-corrected chi connectivity index (χ1v) is 28.5. The largest absolute Gasteiger partial charge is 0.310 e.